The van der Waals surface area contributed by atoms with Crippen LogP contribution in [-0.2, 0) is 32.8 Å². The minimum atomic E-state index is -1.32. The van der Waals surface area contributed by atoms with Gasteiger partial charge in [-0.3, -0.25) is 28.6 Å². The SMILES string of the molecule is COc1c2c(c3n(c1=O)C(C)(C)C(=O)N3CC(=O)OC(C)(C)C)CCN(Cc1ccc(F)c(Cl)c1)C2=O. The van der Waals surface area contributed by atoms with Crippen molar-refractivity contribution in [3.05, 3.63) is 56.1 Å². The molecule has 1 aromatic heterocycles. The quantitative estimate of drug-likeness (QED) is 0.547. The molecule has 0 unspecified atom stereocenters. The van der Waals surface area contributed by atoms with Gasteiger partial charge < -0.3 is 14.4 Å². The zero-order valence-electron chi connectivity index (χ0n) is 21.6. The minimum absolute atomic E-state index is 0.0397. The maximum absolute atomic E-state index is 13.7. The summed E-state index contributed by atoms with van der Waals surface area (Å²) in [5.41, 5.74) is -1.64. The smallest absolute Gasteiger partial charge is 0.326 e. The Labute approximate surface area is 218 Å². The highest BCUT2D eigenvalue weighted by molar-refractivity contribution is 6.30. The van der Waals surface area contributed by atoms with Crippen molar-refractivity contribution >= 4 is 35.2 Å². The Kier molecular flexibility index (Phi) is 6.60. The number of anilines is 1. The molecular formula is C26H29ClFN3O6. The van der Waals surface area contributed by atoms with Crippen molar-refractivity contribution in [1.82, 2.24) is 9.47 Å². The van der Waals surface area contributed by atoms with Gasteiger partial charge in [-0.1, -0.05) is 17.7 Å². The van der Waals surface area contributed by atoms with E-state index in [1.807, 2.05) is 0 Å². The van der Waals surface area contributed by atoms with Crippen LogP contribution in [0.2, 0.25) is 5.02 Å². The molecule has 11 heteroatoms. The van der Waals surface area contributed by atoms with Gasteiger partial charge in [-0.2, -0.15) is 0 Å². The molecule has 198 valence electrons. The lowest BCUT2D eigenvalue weighted by molar-refractivity contribution is -0.153. The predicted octanol–water partition coefficient (Wildman–Crippen LogP) is 3.27. The summed E-state index contributed by atoms with van der Waals surface area (Å²) in [6, 6.07) is 4.20. The molecule has 37 heavy (non-hydrogen) atoms. The van der Waals surface area contributed by atoms with Gasteiger partial charge in [0.05, 0.1) is 17.7 Å². The van der Waals surface area contributed by atoms with Gasteiger partial charge in [-0.05, 0) is 58.7 Å². The van der Waals surface area contributed by atoms with Gasteiger partial charge in [0.25, 0.3) is 17.4 Å². The number of pyridine rings is 1. The predicted molar refractivity (Wildman–Crippen MR) is 135 cm³/mol. The zero-order chi connectivity index (χ0) is 27.4. The second-order valence-corrected chi connectivity index (χ2v) is 11.0. The number of carbonyl (C=O) groups is 3. The molecule has 0 saturated carbocycles. The summed E-state index contributed by atoms with van der Waals surface area (Å²) in [4.78, 5) is 56.1. The lowest BCUT2D eigenvalue weighted by Crippen LogP contribution is -2.43. The van der Waals surface area contributed by atoms with E-state index in [1.165, 1.54) is 39.7 Å². The molecule has 2 aliphatic heterocycles. The van der Waals surface area contributed by atoms with Crippen LogP contribution in [0.4, 0.5) is 10.2 Å². The van der Waals surface area contributed by atoms with Crippen LogP contribution in [0.25, 0.3) is 0 Å². The number of hydrogen-bond acceptors (Lipinski definition) is 6. The molecule has 0 radical (unpaired) electrons. The van der Waals surface area contributed by atoms with Crippen LogP contribution in [0.15, 0.2) is 23.0 Å². The molecule has 9 nitrogen and oxygen atoms in total. The van der Waals surface area contributed by atoms with E-state index in [9.17, 15) is 23.6 Å². The number of halogens is 2. The average Bonchev–Trinajstić information content (AvgIpc) is 2.98. The van der Waals surface area contributed by atoms with Crippen LogP contribution >= 0.6 is 11.6 Å². The second-order valence-electron chi connectivity index (χ2n) is 10.6. The van der Waals surface area contributed by atoms with E-state index in [0.717, 1.165) is 0 Å². The number of hydrogen-bond donors (Lipinski definition) is 0. The summed E-state index contributed by atoms with van der Waals surface area (Å²) in [6.07, 6.45) is 0.288. The largest absolute Gasteiger partial charge is 0.490 e. The van der Waals surface area contributed by atoms with Gasteiger partial charge in [-0.25, -0.2) is 4.39 Å². The Hall–Kier alpha value is -3.40. The normalized spacial score (nSPS) is 16.5. The fraction of sp³-hybridized carbons (Fsp3) is 0.462. The molecular weight excluding hydrogens is 505 g/mol. The first-order chi connectivity index (χ1) is 17.2. The maximum atomic E-state index is 13.7. The Balaban J connectivity index is 1.81. The van der Waals surface area contributed by atoms with Crippen molar-refractivity contribution in [2.24, 2.45) is 0 Å². The first kappa shape index (κ1) is 26.7. The molecule has 2 aliphatic rings. The topological polar surface area (TPSA) is 98.2 Å². The molecule has 0 aliphatic carbocycles. The highest BCUT2D eigenvalue weighted by Crippen LogP contribution is 2.41. The average molecular weight is 534 g/mol. The van der Waals surface area contributed by atoms with Gasteiger partial charge in [0, 0.05) is 18.7 Å². The minimum Gasteiger partial charge on any atom is -0.490 e. The van der Waals surface area contributed by atoms with Gasteiger partial charge in [0.15, 0.2) is 5.75 Å². The maximum Gasteiger partial charge on any atom is 0.326 e. The van der Waals surface area contributed by atoms with Crippen molar-refractivity contribution in [2.75, 3.05) is 25.1 Å². The van der Waals surface area contributed by atoms with Gasteiger partial charge in [0.1, 0.15) is 29.3 Å². The Morgan fingerprint density at radius 3 is 2.46 bits per heavy atom. The molecule has 4 rings (SSSR count). The van der Waals surface area contributed by atoms with Crippen molar-refractivity contribution in [1.29, 1.82) is 0 Å². The summed E-state index contributed by atoms with van der Waals surface area (Å²) in [7, 11) is 1.29. The number of ether oxygens (including phenoxy) is 2. The third kappa shape index (κ3) is 4.58. The number of rotatable bonds is 5. The van der Waals surface area contributed by atoms with Gasteiger partial charge >= 0.3 is 5.97 Å². The van der Waals surface area contributed by atoms with Gasteiger partial charge in [0.2, 0.25) is 0 Å². The summed E-state index contributed by atoms with van der Waals surface area (Å²) < 4.78 is 25.7. The molecule has 2 amide bonds. The number of methoxy groups -OCH3 is 1. The number of nitrogens with zero attached hydrogens (tertiary/aromatic N) is 3. The third-order valence-electron chi connectivity index (χ3n) is 6.39. The number of carbonyl (C=O) groups excluding carboxylic acids is 3. The highest BCUT2D eigenvalue weighted by Gasteiger charge is 2.50. The first-order valence-electron chi connectivity index (χ1n) is 11.8. The summed E-state index contributed by atoms with van der Waals surface area (Å²) in [5.74, 6) is -2.14. The summed E-state index contributed by atoms with van der Waals surface area (Å²) in [6.45, 7) is 8.28. The number of aromatic nitrogens is 1. The van der Waals surface area contributed by atoms with Crippen molar-refractivity contribution in [3.8, 4) is 5.75 Å². The molecule has 1 aromatic carbocycles. The first-order valence-corrected chi connectivity index (χ1v) is 12.2. The van der Waals surface area contributed by atoms with E-state index in [-0.39, 0.29) is 41.7 Å². The van der Waals surface area contributed by atoms with E-state index in [2.05, 4.69) is 0 Å². The lowest BCUT2D eigenvalue weighted by atomic mass is 9.97. The Morgan fingerprint density at radius 2 is 1.86 bits per heavy atom. The molecule has 0 atom stereocenters. The van der Waals surface area contributed by atoms with Crippen LogP contribution in [0.5, 0.6) is 5.75 Å². The molecule has 2 aromatic rings. The highest BCUT2D eigenvalue weighted by atomic mass is 35.5. The second kappa shape index (κ2) is 9.16. The van der Waals surface area contributed by atoms with Gasteiger partial charge in [-0.15, -0.1) is 0 Å². The number of amides is 2. The van der Waals surface area contributed by atoms with E-state index in [0.29, 0.717) is 11.1 Å². The van der Waals surface area contributed by atoms with Crippen LogP contribution in [0.3, 0.4) is 0 Å². The van der Waals surface area contributed by atoms with Crippen LogP contribution < -0.4 is 15.2 Å². The number of benzene rings is 1. The summed E-state index contributed by atoms with van der Waals surface area (Å²) in [5, 5.41) is -0.0606. The molecule has 0 spiro atoms. The van der Waals surface area contributed by atoms with E-state index in [4.69, 9.17) is 21.1 Å². The third-order valence-corrected chi connectivity index (χ3v) is 6.68. The monoisotopic (exact) mass is 533 g/mol. The number of fused-ring (bicyclic) bond motifs is 3. The van der Waals surface area contributed by atoms with Crippen molar-refractivity contribution in [2.45, 2.75) is 58.7 Å². The van der Waals surface area contributed by atoms with Crippen molar-refractivity contribution in [3.63, 3.8) is 0 Å². The summed E-state index contributed by atoms with van der Waals surface area (Å²) >= 11 is 5.90. The van der Waals surface area contributed by atoms with E-state index >= 15 is 0 Å². The van der Waals surface area contributed by atoms with E-state index in [1.54, 1.807) is 34.6 Å². The van der Waals surface area contributed by atoms with Crippen molar-refractivity contribution < 1.29 is 28.2 Å². The standard InChI is InChI=1S/C26H29ClFN3O6/c1-25(2,3)37-18(32)13-30-21-15-9-10-29(12-14-7-8-17(28)16(27)11-14)22(33)19(15)20(36-6)23(34)31(21)26(4,5)24(30)35/h7-8,11H,9-10,12-13H2,1-6H3. The van der Waals surface area contributed by atoms with E-state index < -0.39 is 46.8 Å². The molecule has 3 heterocycles. The number of esters is 1. The molecule has 0 saturated heterocycles. The van der Waals surface area contributed by atoms with Crippen LogP contribution in [0.1, 0.15) is 56.1 Å². The Morgan fingerprint density at radius 1 is 1.19 bits per heavy atom. The molecule has 0 N–H and O–H groups in total. The fourth-order valence-corrected chi connectivity index (χ4v) is 5.03. The molecule has 0 fully saturated rings. The Bertz CT molecular complexity index is 1380. The zero-order valence-corrected chi connectivity index (χ0v) is 22.4. The lowest BCUT2D eigenvalue weighted by Gasteiger charge is -2.32. The molecule has 0 bridgehead atoms. The van der Waals surface area contributed by atoms with Crippen LogP contribution in [-0.4, -0.2) is 53.1 Å². The fourth-order valence-electron chi connectivity index (χ4n) is 4.83. The van der Waals surface area contributed by atoms with Crippen LogP contribution in [0, 0.1) is 5.82 Å².